The molecule has 176 valence electrons. The summed E-state index contributed by atoms with van der Waals surface area (Å²) in [6, 6.07) is 13.3. The van der Waals surface area contributed by atoms with Crippen LogP contribution in [-0.2, 0) is 6.54 Å². The maximum absolute atomic E-state index is 13.8. The van der Waals surface area contributed by atoms with Crippen LogP contribution < -0.4 is 15.6 Å². The van der Waals surface area contributed by atoms with Crippen LogP contribution in [0.2, 0.25) is 0 Å². The number of hydrogen-bond donors (Lipinski definition) is 1. The highest BCUT2D eigenvalue weighted by Crippen LogP contribution is 2.31. The lowest BCUT2D eigenvalue weighted by molar-refractivity contribution is 0.0951. The van der Waals surface area contributed by atoms with Crippen molar-refractivity contribution in [2.45, 2.75) is 6.54 Å². The van der Waals surface area contributed by atoms with E-state index in [0.717, 1.165) is 42.0 Å². The van der Waals surface area contributed by atoms with Gasteiger partial charge in [0.15, 0.2) is 11.5 Å². The number of hydrogen-bond acceptors (Lipinski definition) is 8. The Bertz CT molecular complexity index is 1620. The molecule has 5 heterocycles. The molecule has 1 amide bonds. The van der Waals surface area contributed by atoms with Crippen LogP contribution in [0.1, 0.15) is 15.9 Å². The average Bonchev–Trinajstić information content (AvgIpc) is 3.27. The lowest BCUT2D eigenvalue weighted by Gasteiger charge is -2.32. The highest BCUT2D eigenvalue weighted by Gasteiger charge is 2.24. The number of likely N-dealkylation sites (N-methyl/N-ethyl adjacent to an activating group) is 1. The number of carbonyl (C=O) groups is 1. The lowest BCUT2D eigenvalue weighted by atomic mass is 10.1. The molecule has 35 heavy (non-hydrogen) atoms. The summed E-state index contributed by atoms with van der Waals surface area (Å²) in [6.45, 7) is 3.74. The molecule has 0 saturated carbocycles. The SMILES string of the molecule is CN1CCN(c2cc3c(=O)c(C(=O)NCc4ccncc4)c4sc5ccccc5n4c3nn2)CC1. The molecule has 5 aromatic rings. The molecule has 1 aliphatic rings. The van der Waals surface area contributed by atoms with E-state index in [1.54, 1.807) is 18.5 Å². The molecule has 0 spiro atoms. The number of para-hydroxylation sites is 1. The van der Waals surface area contributed by atoms with Crippen LogP contribution >= 0.6 is 11.3 Å². The fourth-order valence-electron chi connectivity index (χ4n) is 4.46. The zero-order chi connectivity index (χ0) is 23.9. The van der Waals surface area contributed by atoms with E-state index in [9.17, 15) is 9.59 Å². The van der Waals surface area contributed by atoms with Crippen LogP contribution in [0.3, 0.4) is 0 Å². The normalized spacial score (nSPS) is 14.7. The van der Waals surface area contributed by atoms with E-state index in [0.29, 0.717) is 28.2 Å². The van der Waals surface area contributed by atoms with Gasteiger partial charge in [0.25, 0.3) is 5.91 Å². The number of nitrogens with one attached hydrogen (secondary N) is 1. The van der Waals surface area contributed by atoms with Gasteiger partial charge in [-0.05, 0) is 42.9 Å². The highest BCUT2D eigenvalue weighted by molar-refractivity contribution is 7.24. The van der Waals surface area contributed by atoms with Crippen LogP contribution in [0.4, 0.5) is 5.82 Å². The fourth-order valence-corrected chi connectivity index (χ4v) is 5.64. The lowest BCUT2D eigenvalue weighted by Crippen LogP contribution is -2.45. The van der Waals surface area contributed by atoms with Gasteiger partial charge in [0, 0.05) is 45.1 Å². The van der Waals surface area contributed by atoms with Crippen molar-refractivity contribution in [2.24, 2.45) is 0 Å². The second kappa shape index (κ2) is 8.71. The van der Waals surface area contributed by atoms with Gasteiger partial charge in [-0.3, -0.25) is 19.0 Å². The van der Waals surface area contributed by atoms with Crippen LogP contribution in [0.25, 0.3) is 26.1 Å². The Balaban J connectivity index is 1.52. The Hall–Kier alpha value is -3.89. The number of nitrogens with zero attached hydrogens (tertiary/aromatic N) is 6. The molecule has 9 nitrogen and oxygen atoms in total. The second-order valence-corrected chi connectivity index (χ2v) is 9.71. The predicted molar refractivity (Wildman–Crippen MR) is 137 cm³/mol. The molecule has 1 fully saturated rings. The van der Waals surface area contributed by atoms with Crippen molar-refractivity contribution in [2.75, 3.05) is 38.1 Å². The number of benzene rings is 1. The molecule has 0 aliphatic carbocycles. The van der Waals surface area contributed by atoms with Gasteiger partial charge in [-0.15, -0.1) is 21.5 Å². The quantitative estimate of drug-likeness (QED) is 0.418. The molecule has 0 radical (unpaired) electrons. The zero-order valence-electron chi connectivity index (χ0n) is 19.1. The zero-order valence-corrected chi connectivity index (χ0v) is 20.0. The van der Waals surface area contributed by atoms with Gasteiger partial charge in [0.05, 0.1) is 15.6 Å². The first-order chi connectivity index (χ1) is 17.1. The highest BCUT2D eigenvalue weighted by atomic mass is 32.1. The van der Waals surface area contributed by atoms with Crippen molar-refractivity contribution < 1.29 is 4.79 Å². The van der Waals surface area contributed by atoms with Gasteiger partial charge in [-0.1, -0.05) is 12.1 Å². The van der Waals surface area contributed by atoms with Gasteiger partial charge in [-0.25, -0.2) is 0 Å². The summed E-state index contributed by atoms with van der Waals surface area (Å²) in [6.07, 6.45) is 3.35. The molecule has 0 bridgehead atoms. The third-order valence-electron chi connectivity index (χ3n) is 6.43. The monoisotopic (exact) mass is 485 g/mol. The van der Waals surface area contributed by atoms with Crippen molar-refractivity contribution in [3.63, 3.8) is 0 Å². The first-order valence-electron chi connectivity index (χ1n) is 11.4. The van der Waals surface area contributed by atoms with E-state index in [4.69, 9.17) is 0 Å². The van der Waals surface area contributed by atoms with E-state index in [-0.39, 0.29) is 11.0 Å². The van der Waals surface area contributed by atoms with Gasteiger partial charge < -0.3 is 15.1 Å². The number of fused-ring (bicyclic) bond motifs is 5. The summed E-state index contributed by atoms with van der Waals surface area (Å²) in [5, 5.41) is 12.3. The summed E-state index contributed by atoms with van der Waals surface area (Å²) >= 11 is 1.41. The van der Waals surface area contributed by atoms with Crippen LogP contribution in [0.15, 0.2) is 59.7 Å². The van der Waals surface area contributed by atoms with Crippen LogP contribution in [0.5, 0.6) is 0 Å². The third-order valence-corrected chi connectivity index (χ3v) is 7.58. The molecular weight excluding hydrogens is 462 g/mol. The Morgan fingerprint density at radius 3 is 2.63 bits per heavy atom. The molecule has 0 unspecified atom stereocenters. The average molecular weight is 486 g/mol. The van der Waals surface area contributed by atoms with Gasteiger partial charge >= 0.3 is 0 Å². The Kier molecular flexibility index (Phi) is 5.39. The molecular formula is C25H23N7O2S. The summed E-state index contributed by atoms with van der Waals surface area (Å²) in [4.78, 5) is 36.2. The molecule has 1 N–H and O–H groups in total. The maximum atomic E-state index is 13.8. The Morgan fingerprint density at radius 2 is 1.83 bits per heavy atom. The molecule has 1 saturated heterocycles. The minimum atomic E-state index is -0.407. The number of amides is 1. The van der Waals surface area contributed by atoms with Crippen LogP contribution in [0, 0.1) is 0 Å². The van der Waals surface area contributed by atoms with E-state index in [2.05, 4.69) is 37.3 Å². The largest absolute Gasteiger partial charge is 0.353 e. The standard InChI is InChI=1S/C25H23N7O2S/c1-30-10-12-31(13-11-30)20-14-17-22(33)21(24(34)27-15-16-6-8-26-9-7-16)25-32(23(17)29-28-20)18-4-2-3-5-19(18)35-25/h2-9,14H,10-13,15H2,1H3,(H,27,34). The third kappa shape index (κ3) is 3.80. The van der Waals surface area contributed by atoms with Gasteiger partial charge in [0.1, 0.15) is 10.4 Å². The van der Waals surface area contributed by atoms with Crippen molar-refractivity contribution in [1.82, 2.24) is 29.8 Å². The molecule has 1 aliphatic heterocycles. The number of anilines is 1. The molecule has 10 heteroatoms. The first-order valence-corrected chi connectivity index (χ1v) is 12.3. The fraction of sp³-hybridized carbons (Fsp3) is 0.240. The van der Waals surface area contributed by atoms with E-state index in [1.807, 2.05) is 40.8 Å². The van der Waals surface area contributed by atoms with Crippen LogP contribution in [-0.4, -0.2) is 63.6 Å². The van der Waals surface area contributed by atoms with Crippen molar-refractivity contribution in [1.29, 1.82) is 0 Å². The van der Waals surface area contributed by atoms with Gasteiger partial charge in [-0.2, -0.15) is 0 Å². The Morgan fingerprint density at radius 1 is 1.06 bits per heavy atom. The summed E-state index contributed by atoms with van der Waals surface area (Å²) in [5.41, 5.74) is 2.06. The van der Waals surface area contributed by atoms with Crippen molar-refractivity contribution in [3.8, 4) is 0 Å². The summed E-state index contributed by atoms with van der Waals surface area (Å²) in [7, 11) is 2.09. The van der Waals surface area contributed by atoms with E-state index >= 15 is 0 Å². The number of aromatic nitrogens is 4. The molecule has 6 rings (SSSR count). The van der Waals surface area contributed by atoms with E-state index in [1.165, 1.54) is 11.3 Å². The Labute approximate surface area is 204 Å². The first kappa shape index (κ1) is 21.6. The number of thiazole rings is 1. The smallest absolute Gasteiger partial charge is 0.258 e. The van der Waals surface area contributed by atoms with Crippen molar-refractivity contribution >= 4 is 49.1 Å². The molecule has 1 aromatic carbocycles. The molecule has 4 aromatic heterocycles. The topological polar surface area (TPSA) is 95.7 Å². The number of piperazine rings is 1. The predicted octanol–water partition coefficient (Wildman–Crippen LogP) is 2.53. The number of rotatable bonds is 4. The summed E-state index contributed by atoms with van der Waals surface area (Å²) < 4.78 is 2.85. The second-order valence-electron chi connectivity index (χ2n) is 8.68. The minimum Gasteiger partial charge on any atom is -0.353 e. The minimum absolute atomic E-state index is 0.130. The van der Waals surface area contributed by atoms with Gasteiger partial charge in [0.2, 0.25) is 5.43 Å². The number of pyridine rings is 2. The van der Waals surface area contributed by atoms with Crippen molar-refractivity contribution in [3.05, 3.63) is 76.2 Å². The number of carbonyl (C=O) groups excluding carboxylic acids is 1. The summed E-state index contributed by atoms with van der Waals surface area (Å²) in [5.74, 6) is 0.251. The van der Waals surface area contributed by atoms with E-state index < -0.39 is 5.91 Å². The molecule has 0 atom stereocenters. The maximum Gasteiger partial charge on any atom is 0.258 e.